The van der Waals surface area contributed by atoms with Crippen LogP contribution in [0.3, 0.4) is 0 Å². The summed E-state index contributed by atoms with van der Waals surface area (Å²) in [5.74, 6) is -2.65. The van der Waals surface area contributed by atoms with Gasteiger partial charge in [0, 0.05) is 7.11 Å². The second-order valence-electron chi connectivity index (χ2n) is 16.8. The van der Waals surface area contributed by atoms with Crippen molar-refractivity contribution in [3.05, 3.63) is 139 Å². The van der Waals surface area contributed by atoms with E-state index in [2.05, 4.69) is 40.6 Å². The van der Waals surface area contributed by atoms with Gasteiger partial charge in [0.1, 0.15) is 30.5 Å². The van der Waals surface area contributed by atoms with Gasteiger partial charge in [-0.15, -0.1) is 30.6 Å². The number of ether oxygens (including phenoxy) is 5. The fourth-order valence-electron chi connectivity index (χ4n) is 7.78. The normalized spacial score (nSPS) is 22.7. The number of anilines is 2. The molecule has 7 aromatic rings. The van der Waals surface area contributed by atoms with Crippen molar-refractivity contribution in [3.8, 4) is 0 Å². The standard InChI is InChI=1S/C34H32N6O8.C10H14N6O5.CH4O.CH3O.Na/c1-18-5-11-21(12-6-18)30(42)45-17-24-25(47-31(43)22-13-7-19(2)8-14-22)34(4,48-32(44)23-15-9-20(3)10-16-23)26(46-24)27-37-38-28-29(41)36-33(35)39-40(27)28;1-10(20)4(18)3(2-17)21-5(10)6-13-14-7-8(19)12-9(11)15-16(6)7;2*1-2;/h5-16,24-26H,17H2,1-4H3,(H3,35,36,39,41);3-5,17-18,20H,2H2,1H3,(H3,11,12,15,19);2H,1H3;1H3;/q;;;-1;+1/t24-,25-,26?,34-;3-,4-,5+,10-;;;/m11.../s1. The number of carbonyl (C=O) groups excluding carboxylic acids is 3. The number of aromatic nitrogens is 10. The molecule has 3 aromatic carbocycles. The number of nitrogens with one attached hydrogen (secondary N) is 2. The summed E-state index contributed by atoms with van der Waals surface area (Å²) >= 11 is 0. The zero-order valence-electron chi connectivity index (χ0n) is 41.3. The van der Waals surface area contributed by atoms with Gasteiger partial charge in [-0.25, -0.2) is 14.4 Å². The van der Waals surface area contributed by atoms with E-state index in [1.165, 1.54) is 13.8 Å². The second kappa shape index (κ2) is 24.3. The smallest absolute Gasteiger partial charge is 0.857 e. The van der Waals surface area contributed by atoms with E-state index in [1.54, 1.807) is 72.8 Å². The average molecular weight is 1040 g/mol. The van der Waals surface area contributed by atoms with Crippen LogP contribution in [0, 0.1) is 20.8 Å². The fourth-order valence-corrected chi connectivity index (χ4v) is 7.78. The Kier molecular flexibility index (Phi) is 19.0. The summed E-state index contributed by atoms with van der Waals surface area (Å²) in [6, 6.07) is 20.1. The molecule has 0 amide bonds. The summed E-state index contributed by atoms with van der Waals surface area (Å²) in [5.41, 5.74) is 9.63. The van der Waals surface area contributed by atoms with E-state index in [9.17, 15) is 34.2 Å². The van der Waals surface area contributed by atoms with Gasteiger partial charge in [-0.05, 0) is 71.0 Å². The van der Waals surface area contributed by atoms with Gasteiger partial charge in [-0.3, -0.25) is 19.6 Å². The molecule has 10 N–H and O–H groups in total. The number of benzene rings is 3. The van der Waals surface area contributed by atoms with E-state index in [0.29, 0.717) is 5.56 Å². The third kappa shape index (κ3) is 12.0. The van der Waals surface area contributed by atoms with Crippen LogP contribution in [0.5, 0.6) is 0 Å². The molecule has 388 valence electrons. The largest absolute Gasteiger partial charge is 1.00 e. The van der Waals surface area contributed by atoms with Gasteiger partial charge in [0.25, 0.3) is 11.1 Å². The van der Waals surface area contributed by atoms with E-state index >= 15 is 0 Å². The molecule has 6 heterocycles. The maximum absolute atomic E-state index is 13.7. The zero-order valence-corrected chi connectivity index (χ0v) is 43.3. The van der Waals surface area contributed by atoms with Crippen LogP contribution in [-0.2, 0) is 23.7 Å². The molecule has 28 heteroatoms. The van der Waals surface area contributed by atoms with Crippen LogP contribution < -0.4 is 57.2 Å². The van der Waals surface area contributed by atoms with Gasteiger partial charge < -0.3 is 60.7 Å². The number of aliphatic hydroxyl groups excluding tert-OH is 3. The molecule has 2 aliphatic heterocycles. The van der Waals surface area contributed by atoms with Crippen molar-refractivity contribution in [3.63, 3.8) is 0 Å². The number of esters is 3. The first kappa shape index (κ1) is 57.8. The maximum Gasteiger partial charge on any atom is 1.00 e. The van der Waals surface area contributed by atoms with Crippen LogP contribution in [-0.4, -0.2) is 151 Å². The van der Waals surface area contributed by atoms with Crippen molar-refractivity contribution < 1.29 is 93.2 Å². The Morgan fingerprint density at radius 3 is 1.53 bits per heavy atom. The Bertz CT molecular complexity index is 3190. The van der Waals surface area contributed by atoms with Crippen LogP contribution in [0.25, 0.3) is 11.3 Å². The summed E-state index contributed by atoms with van der Waals surface area (Å²) in [6.45, 7) is 7.56. The number of nitrogen functional groups attached to an aromatic ring is 2. The van der Waals surface area contributed by atoms with E-state index in [-0.39, 0.29) is 75.5 Å². The Labute approximate surface area is 441 Å². The van der Waals surface area contributed by atoms with Crippen molar-refractivity contribution in [1.82, 2.24) is 49.6 Å². The zero-order chi connectivity index (χ0) is 53.5. The van der Waals surface area contributed by atoms with E-state index in [1.807, 2.05) is 20.8 Å². The number of aryl methyl sites for hydroxylation is 3. The fraction of sp³-hybridized carbons (Fsp3) is 0.370. The molecule has 9 rings (SSSR count). The molecule has 27 nitrogen and oxygen atoms in total. The van der Waals surface area contributed by atoms with Crippen molar-refractivity contribution in [2.75, 3.05) is 38.9 Å². The maximum atomic E-state index is 13.7. The minimum Gasteiger partial charge on any atom is -0.857 e. The summed E-state index contributed by atoms with van der Waals surface area (Å²) < 4.78 is 31.8. The molecule has 4 aromatic heterocycles. The molecule has 0 bridgehead atoms. The predicted octanol–water partition coefficient (Wildman–Crippen LogP) is -4.01. The number of aliphatic hydroxyl groups is 4. The summed E-state index contributed by atoms with van der Waals surface area (Å²) in [6.07, 6.45) is -7.37. The molecule has 74 heavy (non-hydrogen) atoms. The van der Waals surface area contributed by atoms with Gasteiger partial charge in [0.15, 0.2) is 35.6 Å². The molecule has 0 radical (unpaired) electrons. The number of hydrogen-bond donors (Lipinski definition) is 8. The molecular weight excluding hydrogens is 984 g/mol. The van der Waals surface area contributed by atoms with E-state index in [4.69, 9.17) is 50.5 Å². The Balaban J connectivity index is 0.000000325. The van der Waals surface area contributed by atoms with Gasteiger partial charge in [-0.1, -0.05) is 53.1 Å². The number of nitrogens with zero attached hydrogens (tertiary/aromatic N) is 8. The molecule has 2 aliphatic rings. The monoisotopic (exact) mass is 1040 g/mol. The number of rotatable bonds is 10. The molecule has 2 saturated heterocycles. The molecule has 0 saturated carbocycles. The first-order chi connectivity index (χ1) is 34.8. The number of H-pyrrole nitrogens is 2. The average Bonchev–Trinajstić information content (AvgIpc) is 4.11. The van der Waals surface area contributed by atoms with Crippen molar-refractivity contribution >= 4 is 41.1 Å². The quantitative estimate of drug-likeness (QED) is 0.0367. The van der Waals surface area contributed by atoms with Crippen LogP contribution in [0.4, 0.5) is 11.9 Å². The molecule has 8 atom stereocenters. The van der Waals surface area contributed by atoms with Crippen LogP contribution in [0.2, 0.25) is 0 Å². The van der Waals surface area contributed by atoms with Crippen molar-refractivity contribution in [1.29, 1.82) is 0 Å². The summed E-state index contributed by atoms with van der Waals surface area (Å²) in [5, 5.41) is 68.3. The second-order valence-corrected chi connectivity index (χ2v) is 16.8. The van der Waals surface area contributed by atoms with Gasteiger partial charge in [-0.2, -0.15) is 16.1 Å². The Hall–Kier alpha value is -7.05. The minimum absolute atomic E-state index is 0. The number of hydrogen-bond acceptors (Lipinski definition) is 23. The Morgan fingerprint density at radius 2 is 1.09 bits per heavy atom. The summed E-state index contributed by atoms with van der Waals surface area (Å²) in [7, 11) is 1.75. The number of carbonyl (C=O) groups is 3. The van der Waals surface area contributed by atoms with E-state index in [0.717, 1.165) is 39.9 Å². The topological polar surface area (TPSA) is 405 Å². The number of fused-ring (bicyclic) bond motifs is 2. The van der Waals surface area contributed by atoms with Gasteiger partial charge in [0.05, 0.1) is 23.3 Å². The van der Waals surface area contributed by atoms with Crippen LogP contribution in [0.1, 0.15) is 85.5 Å². The van der Waals surface area contributed by atoms with Crippen LogP contribution >= 0.6 is 0 Å². The third-order valence-corrected chi connectivity index (χ3v) is 11.6. The molecule has 1 unspecified atom stereocenters. The predicted molar refractivity (Wildman–Crippen MR) is 251 cm³/mol. The van der Waals surface area contributed by atoms with Crippen molar-refractivity contribution in [2.45, 2.75) is 82.4 Å². The molecule has 0 aliphatic carbocycles. The third-order valence-electron chi connectivity index (χ3n) is 11.6. The van der Waals surface area contributed by atoms with Crippen molar-refractivity contribution in [2.24, 2.45) is 0 Å². The van der Waals surface area contributed by atoms with Crippen LogP contribution in [0.15, 0.2) is 82.4 Å². The molecule has 2 fully saturated rings. The number of nitrogens with two attached hydrogens (primary N) is 2. The Morgan fingerprint density at radius 1 is 0.689 bits per heavy atom. The summed E-state index contributed by atoms with van der Waals surface area (Å²) in [4.78, 5) is 69.2. The molecular formula is C46H53N12NaO15. The first-order valence-electron chi connectivity index (χ1n) is 22.0. The first-order valence-corrected chi connectivity index (χ1v) is 22.0. The molecule has 0 spiro atoms. The van der Waals surface area contributed by atoms with Gasteiger partial charge in [0.2, 0.25) is 23.2 Å². The minimum atomic E-state index is -1.84. The number of aromatic amines is 2. The van der Waals surface area contributed by atoms with Gasteiger partial charge >= 0.3 is 47.5 Å². The van der Waals surface area contributed by atoms with E-state index < -0.39 is 90.1 Å². The SMILES string of the molecule is CO.C[C@@]1(O)[C@H](O)[C@@H](CO)O[C@H]1c1nnc2c(=O)[nH]c(N)nn12.C[O-].Cc1ccc(C(=O)OC[C@H]2OC(c3nnc4c(=O)[nH]c(N)nn34)[C@](C)(OC(=O)c3ccc(C)cc3)[C@@H]2OC(=O)c2ccc(C)cc2)cc1.[Na+].